The lowest BCUT2D eigenvalue weighted by atomic mass is 10.1. The van der Waals surface area contributed by atoms with E-state index in [4.69, 9.17) is 14.9 Å². The average Bonchev–Trinajstić information content (AvgIpc) is 3.13. The molecule has 3 rings (SSSR count). The maximum Gasteiger partial charge on any atom is 0.328 e. The van der Waals surface area contributed by atoms with E-state index in [2.05, 4.69) is 39.8 Å². The highest BCUT2D eigenvalue weighted by molar-refractivity contribution is 5.89. The maximum atomic E-state index is 9.55. The maximum absolute atomic E-state index is 9.55. The van der Waals surface area contributed by atoms with Gasteiger partial charge in [0.2, 0.25) is 0 Å². The third-order valence-electron chi connectivity index (χ3n) is 3.93. The number of nitrogens with zero attached hydrogens (tertiary/aromatic N) is 1. The van der Waals surface area contributed by atoms with Crippen molar-refractivity contribution in [3.8, 4) is 5.75 Å². The highest BCUT2D eigenvalue weighted by atomic mass is 16.5. The van der Waals surface area contributed by atoms with Crippen molar-refractivity contribution in [2.45, 2.75) is 13.0 Å². The van der Waals surface area contributed by atoms with Crippen molar-refractivity contribution < 1.29 is 24.5 Å². The van der Waals surface area contributed by atoms with Gasteiger partial charge in [-0.15, -0.1) is 0 Å². The third-order valence-corrected chi connectivity index (χ3v) is 3.93. The van der Waals surface area contributed by atoms with Gasteiger partial charge in [0.25, 0.3) is 0 Å². The van der Waals surface area contributed by atoms with Crippen molar-refractivity contribution in [1.29, 1.82) is 0 Å². The normalized spacial score (nSPS) is 10.5. The van der Waals surface area contributed by atoms with Gasteiger partial charge in [-0.3, -0.25) is 5.10 Å². The minimum Gasteiger partial charge on any atom is -0.497 e. The van der Waals surface area contributed by atoms with E-state index in [-0.39, 0.29) is 0 Å². The molecule has 0 bridgehead atoms. The third kappa shape index (κ3) is 7.47. The van der Waals surface area contributed by atoms with Gasteiger partial charge in [-0.05, 0) is 23.8 Å². The van der Waals surface area contributed by atoms with Crippen molar-refractivity contribution in [3.05, 3.63) is 71.9 Å². The monoisotopic (exact) mass is 397 g/mol. The van der Waals surface area contributed by atoms with Gasteiger partial charge < -0.3 is 20.3 Å². The number of ether oxygens (including phenoxy) is 1. The van der Waals surface area contributed by atoms with Crippen LogP contribution in [0.15, 0.2) is 60.7 Å². The number of nitrogens with one attached hydrogen (secondary N) is 2. The van der Waals surface area contributed by atoms with Crippen LogP contribution in [0, 0.1) is 0 Å². The van der Waals surface area contributed by atoms with Gasteiger partial charge in [0.05, 0.1) is 12.6 Å². The molecule has 3 aromatic rings. The van der Waals surface area contributed by atoms with Crippen LogP contribution in [0.25, 0.3) is 10.9 Å². The summed E-state index contributed by atoms with van der Waals surface area (Å²) in [4.78, 5) is 19.1. The molecule has 0 aliphatic rings. The summed E-state index contributed by atoms with van der Waals surface area (Å²) in [6.45, 7) is 1.79. The molecule has 2 aromatic carbocycles. The van der Waals surface area contributed by atoms with Crippen LogP contribution < -0.4 is 10.1 Å². The van der Waals surface area contributed by atoms with Crippen LogP contribution in [-0.2, 0) is 22.6 Å². The van der Waals surface area contributed by atoms with Gasteiger partial charge in [-0.2, -0.15) is 5.10 Å². The lowest BCUT2D eigenvalue weighted by Crippen LogP contribution is -2.16. The van der Waals surface area contributed by atoms with E-state index in [0.717, 1.165) is 41.9 Å². The molecule has 0 radical (unpaired) electrons. The van der Waals surface area contributed by atoms with Crippen molar-refractivity contribution in [2.75, 3.05) is 13.7 Å². The van der Waals surface area contributed by atoms with Gasteiger partial charge in [0, 0.05) is 42.7 Å². The number of rotatable bonds is 8. The first-order valence-corrected chi connectivity index (χ1v) is 8.89. The highest BCUT2D eigenvalue weighted by Gasteiger charge is 2.06. The fraction of sp³-hybridized carbons (Fsp3) is 0.190. The Morgan fingerprint density at radius 3 is 2.41 bits per heavy atom. The van der Waals surface area contributed by atoms with Gasteiger partial charge in [-0.1, -0.05) is 30.3 Å². The second-order valence-electron chi connectivity index (χ2n) is 6.01. The second-order valence-corrected chi connectivity index (χ2v) is 6.01. The minimum atomic E-state index is -1.26. The largest absolute Gasteiger partial charge is 0.497 e. The van der Waals surface area contributed by atoms with E-state index in [1.807, 2.05) is 24.3 Å². The first-order valence-electron chi connectivity index (χ1n) is 8.89. The average molecular weight is 397 g/mol. The standard InChI is InChI=1S/C17H19N3O.C4H4O4/c1-21-14-7-8-16-15(11-14)17(20-19-16)9-10-18-12-13-5-3-2-4-6-13;5-3(6)1-2-4(7)8/h2-8,11,18H,9-10,12H2,1H3,(H,19,20);1-2H,(H,5,6)(H,7,8)/b;2-1+. The summed E-state index contributed by atoms with van der Waals surface area (Å²) < 4.78 is 5.27. The number of aromatic nitrogens is 2. The Kier molecular flexibility index (Phi) is 8.40. The zero-order valence-corrected chi connectivity index (χ0v) is 16.0. The van der Waals surface area contributed by atoms with E-state index in [9.17, 15) is 9.59 Å². The Hall–Kier alpha value is -3.65. The quantitative estimate of drug-likeness (QED) is 0.340. The molecule has 4 N–H and O–H groups in total. The van der Waals surface area contributed by atoms with Crippen LogP contribution in [0.1, 0.15) is 11.3 Å². The van der Waals surface area contributed by atoms with Crippen LogP contribution in [0.2, 0.25) is 0 Å². The van der Waals surface area contributed by atoms with Crippen molar-refractivity contribution in [2.24, 2.45) is 0 Å². The number of aliphatic carboxylic acids is 2. The number of H-pyrrole nitrogens is 1. The predicted octanol–water partition coefficient (Wildman–Crippen LogP) is 2.62. The van der Waals surface area contributed by atoms with Gasteiger partial charge in [-0.25, -0.2) is 9.59 Å². The molecular weight excluding hydrogens is 374 g/mol. The lowest BCUT2D eigenvalue weighted by Gasteiger charge is -2.04. The molecule has 0 fully saturated rings. The fourth-order valence-electron chi connectivity index (χ4n) is 2.54. The highest BCUT2D eigenvalue weighted by Crippen LogP contribution is 2.22. The Morgan fingerprint density at radius 2 is 1.79 bits per heavy atom. The molecule has 152 valence electrons. The smallest absolute Gasteiger partial charge is 0.328 e. The van der Waals surface area contributed by atoms with Crippen molar-refractivity contribution in [1.82, 2.24) is 15.5 Å². The summed E-state index contributed by atoms with van der Waals surface area (Å²) in [6.07, 6.45) is 2.03. The molecule has 0 amide bonds. The number of benzene rings is 2. The number of hydrogen-bond acceptors (Lipinski definition) is 5. The first-order chi connectivity index (χ1) is 14.0. The molecule has 0 aliphatic heterocycles. The van der Waals surface area contributed by atoms with E-state index < -0.39 is 11.9 Å². The first kappa shape index (κ1) is 21.6. The zero-order valence-electron chi connectivity index (χ0n) is 16.0. The number of carboxylic acid groups (broad SMARTS) is 2. The van der Waals surface area contributed by atoms with E-state index in [0.29, 0.717) is 12.2 Å². The summed E-state index contributed by atoms with van der Waals surface area (Å²) in [5, 5.41) is 27.7. The number of fused-ring (bicyclic) bond motifs is 1. The van der Waals surface area contributed by atoms with Gasteiger partial charge in [0.15, 0.2) is 0 Å². The Labute approximate surface area is 167 Å². The number of carboxylic acids is 2. The molecular formula is C21H23N3O5. The minimum absolute atomic E-state index is 0.558. The number of carbonyl (C=O) groups is 2. The molecule has 8 nitrogen and oxygen atoms in total. The van der Waals surface area contributed by atoms with Crippen LogP contribution in [0.3, 0.4) is 0 Å². The van der Waals surface area contributed by atoms with E-state index in [1.165, 1.54) is 5.56 Å². The molecule has 0 spiro atoms. The van der Waals surface area contributed by atoms with E-state index in [1.54, 1.807) is 7.11 Å². The Bertz CT molecular complexity index is 951. The number of hydrogen-bond donors (Lipinski definition) is 4. The lowest BCUT2D eigenvalue weighted by molar-refractivity contribution is -0.134. The van der Waals surface area contributed by atoms with Crippen LogP contribution in [-0.4, -0.2) is 46.0 Å². The molecule has 8 heteroatoms. The van der Waals surface area contributed by atoms with Crippen LogP contribution in [0.4, 0.5) is 0 Å². The Balaban J connectivity index is 0.000000321. The summed E-state index contributed by atoms with van der Waals surface area (Å²) in [6, 6.07) is 16.4. The molecule has 0 aliphatic carbocycles. The zero-order chi connectivity index (χ0) is 21.1. The molecule has 0 saturated heterocycles. The van der Waals surface area contributed by atoms with Crippen molar-refractivity contribution >= 4 is 22.8 Å². The molecule has 1 aromatic heterocycles. The summed E-state index contributed by atoms with van der Waals surface area (Å²) >= 11 is 0. The van der Waals surface area contributed by atoms with Crippen LogP contribution >= 0.6 is 0 Å². The summed E-state index contributed by atoms with van der Waals surface area (Å²) in [5.41, 5.74) is 3.42. The second kappa shape index (κ2) is 11.3. The van der Waals surface area contributed by atoms with E-state index >= 15 is 0 Å². The number of aromatic amines is 1. The van der Waals surface area contributed by atoms with Crippen LogP contribution in [0.5, 0.6) is 5.75 Å². The molecule has 0 unspecified atom stereocenters. The Morgan fingerprint density at radius 1 is 1.10 bits per heavy atom. The fourth-order valence-corrected chi connectivity index (χ4v) is 2.54. The molecule has 0 atom stereocenters. The topological polar surface area (TPSA) is 125 Å². The van der Waals surface area contributed by atoms with Crippen molar-refractivity contribution in [3.63, 3.8) is 0 Å². The molecule has 29 heavy (non-hydrogen) atoms. The van der Waals surface area contributed by atoms with Gasteiger partial charge in [0.1, 0.15) is 5.75 Å². The summed E-state index contributed by atoms with van der Waals surface area (Å²) in [7, 11) is 1.68. The SMILES string of the molecule is COc1ccc2n[nH]c(CCNCc3ccccc3)c2c1.O=C(O)/C=C/C(=O)O. The summed E-state index contributed by atoms with van der Waals surface area (Å²) in [5.74, 6) is -1.65. The molecule has 1 heterocycles. The number of methoxy groups -OCH3 is 1. The molecule has 0 saturated carbocycles. The van der Waals surface area contributed by atoms with Gasteiger partial charge >= 0.3 is 11.9 Å². The predicted molar refractivity (Wildman–Crippen MR) is 109 cm³/mol.